The van der Waals surface area contributed by atoms with E-state index in [1.54, 1.807) is 37.3 Å². The van der Waals surface area contributed by atoms with Gasteiger partial charge in [-0.15, -0.1) is 10.2 Å². The minimum atomic E-state index is -1.10. The molecule has 1 aliphatic heterocycles. The number of aliphatic hydroxyl groups is 1. The van der Waals surface area contributed by atoms with Crippen LogP contribution in [0.25, 0.3) is 11.4 Å². The number of carbonyl (C=O) groups is 2. The second-order valence-corrected chi connectivity index (χ2v) is 14.0. The fourth-order valence-electron chi connectivity index (χ4n) is 5.92. The van der Waals surface area contributed by atoms with E-state index in [4.69, 9.17) is 14.5 Å². The summed E-state index contributed by atoms with van der Waals surface area (Å²) in [6.45, 7) is 6.17. The zero-order valence-electron chi connectivity index (χ0n) is 27.9. The molecule has 3 aromatic heterocycles. The summed E-state index contributed by atoms with van der Waals surface area (Å²) in [6, 6.07) is 23.7. The molecule has 3 aromatic carbocycles. The highest BCUT2D eigenvalue weighted by molar-refractivity contribution is 8.00. The molecule has 1 unspecified atom stereocenters. The van der Waals surface area contributed by atoms with Crippen LogP contribution in [0.1, 0.15) is 46.6 Å². The van der Waals surface area contributed by atoms with Crippen LogP contribution in [0.15, 0.2) is 101 Å². The molecule has 0 bridgehead atoms. The van der Waals surface area contributed by atoms with Crippen molar-refractivity contribution >= 4 is 51.3 Å². The number of anilines is 1. The van der Waals surface area contributed by atoms with Gasteiger partial charge in [-0.1, -0.05) is 77.7 Å². The Labute approximate surface area is 301 Å². The standard InChI is InChI=1S/C38H32FN5O5S2/c1-4-48-29-19-26(14-17-28(29)49-20-24-10-6-5-7-11-24)32-30(33(45)31-23(3)43-18-8-9-22(2)35(43)40-31)34(46)36(47)44(32)37-41-42-38(51-37)50-21-25-12-15-27(39)16-13-25/h5-19,32,45H,4,20-21H2,1-3H3/b33-30+. The highest BCUT2D eigenvalue weighted by atomic mass is 32.2. The summed E-state index contributed by atoms with van der Waals surface area (Å²) in [4.78, 5) is 33.9. The summed E-state index contributed by atoms with van der Waals surface area (Å²) >= 11 is 2.51. The summed E-state index contributed by atoms with van der Waals surface area (Å²) in [5, 5.41) is 20.7. The van der Waals surface area contributed by atoms with Crippen molar-refractivity contribution in [1.82, 2.24) is 19.6 Å². The molecule has 1 atom stereocenters. The predicted molar refractivity (Wildman–Crippen MR) is 194 cm³/mol. The second kappa shape index (κ2) is 14.4. The lowest BCUT2D eigenvalue weighted by atomic mass is 9.96. The number of fused-ring (bicyclic) bond motifs is 1. The Balaban J connectivity index is 1.31. The van der Waals surface area contributed by atoms with Gasteiger partial charge in [0, 0.05) is 11.9 Å². The van der Waals surface area contributed by atoms with E-state index in [0.717, 1.165) is 28.0 Å². The lowest BCUT2D eigenvalue weighted by Gasteiger charge is -2.23. The number of pyridine rings is 1. The van der Waals surface area contributed by atoms with Crippen LogP contribution in [0.3, 0.4) is 0 Å². The number of halogens is 1. The molecule has 0 aliphatic carbocycles. The van der Waals surface area contributed by atoms with E-state index in [1.807, 2.05) is 66.9 Å². The Bertz CT molecular complexity index is 2290. The van der Waals surface area contributed by atoms with Crippen molar-refractivity contribution in [2.75, 3.05) is 11.5 Å². The van der Waals surface area contributed by atoms with Crippen LogP contribution < -0.4 is 14.4 Å². The van der Waals surface area contributed by atoms with Gasteiger partial charge in [0.05, 0.1) is 23.9 Å². The number of Topliss-reactive ketones (excluding diaryl/α,β-unsaturated/α-hetero) is 1. The number of carbonyl (C=O) groups excluding carboxylic acids is 2. The van der Waals surface area contributed by atoms with Gasteiger partial charge in [-0.3, -0.25) is 14.5 Å². The molecule has 1 amide bonds. The molecule has 258 valence electrons. The molecular weight excluding hydrogens is 690 g/mol. The van der Waals surface area contributed by atoms with Gasteiger partial charge < -0.3 is 19.0 Å². The van der Waals surface area contributed by atoms with Gasteiger partial charge in [0.2, 0.25) is 5.13 Å². The third kappa shape index (κ3) is 6.69. The van der Waals surface area contributed by atoms with Gasteiger partial charge in [0.15, 0.2) is 21.6 Å². The number of aliphatic hydroxyl groups excluding tert-OH is 1. The smallest absolute Gasteiger partial charge is 0.301 e. The van der Waals surface area contributed by atoms with Crippen LogP contribution in [0.4, 0.5) is 9.52 Å². The lowest BCUT2D eigenvalue weighted by molar-refractivity contribution is -0.132. The quantitative estimate of drug-likeness (QED) is 0.0469. The Morgan fingerprint density at radius 2 is 1.73 bits per heavy atom. The Morgan fingerprint density at radius 3 is 2.47 bits per heavy atom. The number of thioether (sulfide) groups is 1. The molecule has 51 heavy (non-hydrogen) atoms. The molecule has 1 N–H and O–H groups in total. The number of amides is 1. The van der Waals surface area contributed by atoms with Crippen molar-refractivity contribution in [3.05, 3.63) is 136 Å². The molecule has 13 heteroatoms. The Hall–Kier alpha value is -5.53. The average molecular weight is 722 g/mol. The monoisotopic (exact) mass is 721 g/mol. The first kappa shape index (κ1) is 33.9. The van der Waals surface area contributed by atoms with E-state index < -0.39 is 23.5 Å². The number of hydrogen-bond acceptors (Lipinski definition) is 10. The molecule has 1 fully saturated rings. The third-order valence-electron chi connectivity index (χ3n) is 8.45. The van der Waals surface area contributed by atoms with Crippen LogP contribution in [0.5, 0.6) is 11.5 Å². The van der Waals surface area contributed by atoms with Crippen molar-refractivity contribution in [2.45, 2.75) is 43.5 Å². The molecule has 7 rings (SSSR count). The fourth-order valence-corrected chi connectivity index (χ4v) is 7.74. The molecule has 10 nitrogen and oxygen atoms in total. The van der Waals surface area contributed by atoms with Crippen LogP contribution in [-0.4, -0.2) is 43.0 Å². The van der Waals surface area contributed by atoms with E-state index in [0.29, 0.717) is 51.7 Å². The first-order valence-corrected chi connectivity index (χ1v) is 17.9. The molecule has 1 saturated heterocycles. The van der Waals surface area contributed by atoms with Gasteiger partial charge >= 0.3 is 5.91 Å². The van der Waals surface area contributed by atoms with Crippen molar-refractivity contribution in [2.24, 2.45) is 0 Å². The maximum atomic E-state index is 14.0. The molecular formula is C38H32FN5O5S2. The first-order chi connectivity index (χ1) is 24.7. The number of imidazole rings is 1. The van der Waals surface area contributed by atoms with Gasteiger partial charge in [0.25, 0.3) is 5.78 Å². The number of benzene rings is 3. The predicted octanol–water partition coefficient (Wildman–Crippen LogP) is 7.84. The molecule has 0 saturated carbocycles. The van der Waals surface area contributed by atoms with Crippen molar-refractivity contribution in [3.8, 4) is 11.5 Å². The molecule has 0 spiro atoms. The van der Waals surface area contributed by atoms with E-state index in [2.05, 4.69) is 10.2 Å². The number of rotatable bonds is 11. The van der Waals surface area contributed by atoms with Gasteiger partial charge in [-0.2, -0.15) is 0 Å². The SMILES string of the molecule is CCOc1cc(C2/C(=C(\O)c3nc4c(C)cccn4c3C)C(=O)C(=O)N2c2nnc(SCc3ccc(F)cc3)s2)ccc1OCc1ccccc1. The Morgan fingerprint density at radius 1 is 0.941 bits per heavy atom. The fraction of sp³-hybridized carbons (Fsp3) is 0.184. The minimum absolute atomic E-state index is 0.139. The van der Waals surface area contributed by atoms with Crippen LogP contribution in [0.2, 0.25) is 0 Å². The van der Waals surface area contributed by atoms with E-state index in [9.17, 15) is 19.1 Å². The van der Waals surface area contributed by atoms with Gasteiger partial charge in [0.1, 0.15) is 23.8 Å². The summed E-state index contributed by atoms with van der Waals surface area (Å²) in [5.41, 5.74) is 4.49. The van der Waals surface area contributed by atoms with Crippen molar-refractivity contribution in [3.63, 3.8) is 0 Å². The van der Waals surface area contributed by atoms with E-state index in [-0.39, 0.29) is 22.2 Å². The number of aryl methyl sites for hydroxylation is 2. The number of aromatic nitrogens is 4. The Kier molecular flexibility index (Phi) is 9.56. The van der Waals surface area contributed by atoms with E-state index >= 15 is 0 Å². The summed E-state index contributed by atoms with van der Waals surface area (Å²) in [5.74, 6) is -1.11. The zero-order valence-corrected chi connectivity index (χ0v) is 29.5. The highest BCUT2D eigenvalue weighted by Crippen LogP contribution is 2.46. The van der Waals surface area contributed by atoms with Crippen LogP contribution in [-0.2, 0) is 21.9 Å². The lowest BCUT2D eigenvalue weighted by Crippen LogP contribution is -2.29. The third-order valence-corrected chi connectivity index (χ3v) is 10.6. The average Bonchev–Trinajstić information content (AvgIpc) is 3.82. The first-order valence-electron chi connectivity index (χ1n) is 16.1. The minimum Gasteiger partial charge on any atom is -0.505 e. The number of hydrogen-bond donors (Lipinski definition) is 1. The van der Waals surface area contributed by atoms with Crippen molar-refractivity contribution < 1.29 is 28.6 Å². The molecule has 4 heterocycles. The summed E-state index contributed by atoms with van der Waals surface area (Å²) < 4.78 is 27.9. The summed E-state index contributed by atoms with van der Waals surface area (Å²) in [6.07, 6.45) is 1.83. The van der Waals surface area contributed by atoms with Gasteiger partial charge in [-0.05, 0) is 73.4 Å². The maximum Gasteiger partial charge on any atom is 0.301 e. The molecule has 6 aromatic rings. The molecule has 1 aliphatic rings. The number of nitrogens with zero attached hydrogens (tertiary/aromatic N) is 5. The van der Waals surface area contributed by atoms with Gasteiger partial charge in [-0.25, -0.2) is 9.37 Å². The van der Waals surface area contributed by atoms with E-state index in [1.165, 1.54) is 28.8 Å². The van der Waals surface area contributed by atoms with Crippen molar-refractivity contribution in [1.29, 1.82) is 0 Å². The topological polar surface area (TPSA) is 119 Å². The second-order valence-electron chi connectivity index (χ2n) is 11.8. The maximum absolute atomic E-state index is 14.0. The van der Waals surface area contributed by atoms with Crippen LogP contribution >= 0.6 is 23.1 Å². The largest absolute Gasteiger partial charge is 0.505 e. The zero-order chi connectivity index (χ0) is 35.6. The normalized spacial score (nSPS) is 15.5. The van der Waals surface area contributed by atoms with Crippen LogP contribution in [0, 0.1) is 19.7 Å². The highest BCUT2D eigenvalue weighted by Gasteiger charge is 2.49. The number of ketones is 1. The molecule has 0 radical (unpaired) electrons. The summed E-state index contributed by atoms with van der Waals surface area (Å²) in [7, 11) is 0. The number of ether oxygens (including phenoxy) is 2.